The molecule has 0 heterocycles. The van der Waals surface area contributed by atoms with Crippen molar-refractivity contribution in [2.75, 3.05) is 13.7 Å². The molecule has 0 spiro atoms. The molecule has 106 valence electrons. The van der Waals surface area contributed by atoms with Gasteiger partial charge in [0.1, 0.15) is 0 Å². The number of rotatable bonds is 7. The Labute approximate surface area is 111 Å². The maximum atomic E-state index is 11.9. The highest BCUT2D eigenvalue weighted by Gasteiger charge is 2.26. The first kappa shape index (κ1) is 15.4. The summed E-state index contributed by atoms with van der Waals surface area (Å²) in [5, 5.41) is 3.11. The Balaban J connectivity index is 2.28. The van der Waals surface area contributed by atoms with E-state index in [1.165, 1.54) is 0 Å². The van der Waals surface area contributed by atoms with E-state index < -0.39 is 0 Å². The van der Waals surface area contributed by atoms with E-state index in [2.05, 4.69) is 19.2 Å². The van der Waals surface area contributed by atoms with Gasteiger partial charge in [-0.05, 0) is 44.1 Å². The molecule has 1 fully saturated rings. The Hall–Kier alpha value is -0.610. The van der Waals surface area contributed by atoms with Crippen LogP contribution in [0.4, 0.5) is 0 Å². The predicted molar refractivity (Wildman–Crippen MR) is 73.2 cm³/mol. The molecule has 0 aromatic carbocycles. The van der Waals surface area contributed by atoms with Crippen molar-refractivity contribution in [2.45, 2.75) is 58.1 Å². The largest absolute Gasteiger partial charge is 0.381 e. The summed E-state index contributed by atoms with van der Waals surface area (Å²) in [4.78, 5) is 11.9. The first-order valence-electron chi connectivity index (χ1n) is 7.07. The molecular weight excluding hydrogens is 228 g/mol. The van der Waals surface area contributed by atoms with Crippen LogP contribution >= 0.6 is 0 Å². The standard InChI is InChI=1S/C14H28N2O2/c1-10(2)6-11(9-15)7-14(17)16-12-4-5-13(8-12)18-3/h10-13H,4-9,15H2,1-3H3,(H,16,17). The van der Waals surface area contributed by atoms with Crippen LogP contribution in [0.3, 0.4) is 0 Å². The highest BCUT2D eigenvalue weighted by atomic mass is 16.5. The van der Waals surface area contributed by atoms with Gasteiger partial charge in [-0.2, -0.15) is 0 Å². The van der Waals surface area contributed by atoms with Crippen LogP contribution in [-0.2, 0) is 9.53 Å². The Morgan fingerprint density at radius 1 is 1.44 bits per heavy atom. The number of hydrogen-bond acceptors (Lipinski definition) is 3. The van der Waals surface area contributed by atoms with E-state index in [1.807, 2.05) is 0 Å². The minimum absolute atomic E-state index is 0.146. The maximum absolute atomic E-state index is 11.9. The highest BCUT2D eigenvalue weighted by Crippen LogP contribution is 2.22. The van der Waals surface area contributed by atoms with E-state index in [9.17, 15) is 4.79 Å². The molecule has 1 rings (SSSR count). The van der Waals surface area contributed by atoms with Gasteiger partial charge in [0.25, 0.3) is 0 Å². The summed E-state index contributed by atoms with van der Waals surface area (Å²) in [5.41, 5.74) is 5.72. The fraction of sp³-hybridized carbons (Fsp3) is 0.929. The lowest BCUT2D eigenvalue weighted by Crippen LogP contribution is -2.35. The number of methoxy groups -OCH3 is 1. The molecular formula is C14H28N2O2. The predicted octanol–water partition coefficient (Wildman–Crippen LogP) is 1.68. The smallest absolute Gasteiger partial charge is 0.220 e. The summed E-state index contributed by atoms with van der Waals surface area (Å²) < 4.78 is 5.31. The normalized spacial score (nSPS) is 25.4. The molecule has 18 heavy (non-hydrogen) atoms. The van der Waals surface area contributed by atoms with Crippen molar-refractivity contribution >= 4 is 5.91 Å². The molecule has 0 radical (unpaired) electrons. The Kier molecular flexibility index (Phi) is 6.65. The van der Waals surface area contributed by atoms with Gasteiger partial charge in [-0.3, -0.25) is 4.79 Å². The number of nitrogens with two attached hydrogens (primary N) is 1. The molecule has 3 unspecified atom stereocenters. The zero-order valence-corrected chi connectivity index (χ0v) is 11.9. The topological polar surface area (TPSA) is 64.3 Å². The van der Waals surface area contributed by atoms with Gasteiger partial charge >= 0.3 is 0 Å². The van der Waals surface area contributed by atoms with E-state index in [-0.39, 0.29) is 5.91 Å². The summed E-state index contributed by atoms with van der Waals surface area (Å²) in [6.45, 7) is 4.93. The Morgan fingerprint density at radius 3 is 2.67 bits per heavy atom. The van der Waals surface area contributed by atoms with Crippen LogP contribution in [0.15, 0.2) is 0 Å². The van der Waals surface area contributed by atoms with Crippen LogP contribution in [0, 0.1) is 11.8 Å². The zero-order valence-electron chi connectivity index (χ0n) is 11.9. The van der Waals surface area contributed by atoms with Crippen molar-refractivity contribution in [3.63, 3.8) is 0 Å². The fourth-order valence-corrected chi connectivity index (χ4v) is 2.76. The monoisotopic (exact) mass is 256 g/mol. The second-order valence-corrected chi connectivity index (χ2v) is 5.87. The average molecular weight is 256 g/mol. The lowest BCUT2D eigenvalue weighted by Gasteiger charge is -2.18. The zero-order chi connectivity index (χ0) is 13.5. The third-order valence-electron chi connectivity index (χ3n) is 3.70. The summed E-state index contributed by atoms with van der Waals surface area (Å²) in [6.07, 6.45) is 4.92. The number of amides is 1. The molecule has 1 saturated carbocycles. The van der Waals surface area contributed by atoms with Gasteiger partial charge in [-0.15, -0.1) is 0 Å². The van der Waals surface area contributed by atoms with Gasteiger partial charge in [0.05, 0.1) is 6.10 Å². The van der Waals surface area contributed by atoms with Crippen LogP contribution in [0.5, 0.6) is 0 Å². The second-order valence-electron chi connectivity index (χ2n) is 5.87. The van der Waals surface area contributed by atoms with Gasteiger partial charge in [0.2, 0.25) is 5.91 Å². The Morgan fingerprint density at radius 2 is 2.17 bits per heavy atom. The summed E-state index contributed by atoms with van der Waals surface area (Å²) in [7, 11) is 1.74. The van der Waals surface area contributed by atoms with Crippen molar-refractivity contribution in [3.8, 4) is 0 Å². The number of nitrogens with one attached hydrogen (secondary N) is 1. The van der Waals surface area contributed by atoms with E-state index in [0.29, 0.717) is 36.9 Å². The van der Waals surface area contributed by atoms with E-state index in [0.717, 1.165) is 25.7 Å². The summed E-state index contributed by atoms with van der Waals surface area (Å²) in [5.74, 6) is 1.05. The minimum atomic E-state index is 0.146. The molecule has 1 aliphatic rings. The minimum Gasteiger partial charge on any atom is -0.381 e. The maximum Gasteiger partial charge on any atom is 0.220 e. The lowest BCUT2D eigenvalue weighted by atomic mass is 9.94. The van der Waals surface area contributed by atoms with Gasteiger partial charge < -0.3 is 15.8 Å². The van der Waals surface area contributed by atoms with Gasteiger partial charge in [-0.1, -0.05) is 13.8 Å². The second kappa shape index (κ2) is 7.74. The molecule has 0 aliphatic heterocycles. The van der Waals surface area contributed by atoms with Crippen LogP contribution in [-0.4, -0.2) is 31.7 Å². The van der Waals surface area contributed by atoms with E-state index in [1.54, 1.807) is 7.11 Å². The molecule has 0 saturated heterocycles. The van der Waals surface area contributed by atoms with E-state index in [4.69, 9.17) is 10.5 Å². The molecule has 0 bridgehead atoms. The van der Waals surface area contributed by atoms with Gasteiger partial charge in [0.15, 0.2) is 0 Å². The van der Waals surface area contributed by atoms with Crippen molar-refractivity contribution < 1.29 is 9.53 Å². The SMILES string of the molecule is COC1CCC(NC(=O)CC(CN)CC(C)C)C1. The highest BCUT2D eigenvalue weighted by molar-refractivity contribution is 5.76. The number of carbonyl (C=O) groups excluding carboxylic acids is 1. The van der Waals surface area contributed by atoms with Crippen LogP contribution in [0.1, 0.15) is 46.0 Å². The molecule has 3 N–H and O–H groups in total. The Bertz CT molecular complexity index is 256. The summed E-state index contributed by atoms with van der Waals surface area (Å²) in [6, 6.07) is 0.292. The van der Waals surface area contributed by atoms with Crippen molar-refractivity contribution in [1.82, 2.24) is 5.32 Å². The third kappa shape index (κ3) is 5.36. The third-order valence-corrected chi connectivity index (χ3v) is 3.70. The number of ether oxygens (including phenoxy) is 1. The number of carbonyl (C=O) groups is 1. The summed E-state index contributed by atoms with van der Waals surface area (Å²) >= 11 is 0. The molecule has 4 heteroatoms. The van der Waals surface area contributed by atoms with Gasteiger partial charge in [-0.25, -0.2) is 0 Å². The quantitative estimate of drug-likeness (QED) is 0.728. The molecule has 0 aromatic heterocycles. The fourth-order valence-electron chi connectivity index (χ4n) is 2.76. The van der Waals surface area contributed by atoms with Crippen LogP contribution < -0.4 is 11.1 Å². The van der Waals surface area contributed by atoms with E-state index >= 15 is 0 Å². The molecule has 1 amide bonds. The van der Waals surface area contributed by atoms with Crippen molar-refractivity contribution in [2.24, 2.45) is 17.6 Å². The van der Waals surface area contributed by atoms with Gasteiger partial charge in [0, 0.05) is 19.6 Å². The molecule has 1 aliphatic carbocycles. The molecule has 3 atom stereocenters. The molecule has 4 nitrogen and oxygen atoms in total. The number of hydrogen-bond donors (Lipinski definition) is 2. The lowest BCUT2D eigenvalue weighted by molar-refractivity contribution is -0.122. The van der Waals surface area contributed by atoms with Crippen LogP contribution in [0.2, 0.25) is 0 Å². The van der Waals surface area contributed by atoms with Crippen molar-refractivity contribution in [3.05, 3.63) is 0 Å². The first-order valence-corrected chi connectivity index (χ1v) is 7.07. The first-order chi connectivity index (χ1) is 8.55. The van der Waals surface area contributed by atoms with Crippen molar-refractivity contribution in [1.29, 1.82) is 0 Å². The van der Waals surface area contributed by atoms with Crippen LogP contribution in [0.25, 0.3) is 0 Å². The average Bonchev–Trinajstić information content (AvgIpc) is 2.75. The molecule has 0 aromatic rings.